The second-order valence-electron chi connectivity index (χ2n) is 7.31. The Morgan fingerprint density at radius 3 is 2.23 bits per heavy atom. The van der Waals surface area contributed by atoms with Gasteiger partial charge in [0.25, 0.3) is 0 Å². The first-order chi connectivity index (χ1) is 12.3. The summed E-state index contributed by atoms with van der Waals surface area (Å²) in [6, 6.07) is 7.41. The lowest BCUT2D eigenvalue weighted by Gasteiger charge is -2.36. The molecule has 0 aromatic heterocycles. The average Bonchev–Trinajstić information content (AvgIpc) is 3.42. The van der Waals surface area contributed by atoms with E-state index in [2.05, 4.69) is 5.32 Å². The van der Waals surface area contributed by atoms with Gasteiger partial charge >= 0.3 is 11.8 Å². The molecule has 1 aliphatic heterocycles. The summed E-state index contributed by atoms with van der Waals surface area (Å²) in [6.45, 7) is 5.27. The molecule has 1 saturated carbocycles. The summed E-state index contributed by atoms with van der Waals surface area (Å²) in [5.41, 5.74) is 0.497. The van der Waals surface area contributed by atoms with Crippen LogP contribution in [0.2, 0.25) is 5.02 Å². The van der Waals surface area contributed by atoms with E-state index in [0.29, 0.717) is 31.2 Å². The van der Waals surface area contributed by atoms with Crippen LogP contribution in [0.5, 0.6) is 0 Å². The van der Waals surface area contributed by atoms with Crippen LogP contribution in [0.25, 0.3) is 0 Å². The van der Waals surface area contributed by atoms with Crippen LogP contribution >= 0.6 is 11.6 Å². The molecule has 0 unspecified atom stereocenters. The van der Waals surface area contributed by atoms with Crippen LogP contribution in [-0.4, -0.2) is 59.7 Å². The van der Waals surface area contributed by atoms with E-state index in [-0.39, 0.29) is 11.9 Å². The highest BCUT2D eigenvalue weighted by molar-refractivity contribution is 6.35. The normalized spacial score (nSPS) is 18.6. The Bertz CT molecular complexity index is 722. The summed E-state index contributed by atoms with van der Waals surface area (Å²) in [6.07, 6.45) is 1.64. The molecule has 7 heteroatoms. The highest BCUT2D eigenvalue weighted by Crippen LogP contribution is 2.50. The third-order valence-corrected chi connectivity index (χ3v) is 5.24. The predicted molar refractivity (Wildman–Crippen MR) is 98.8 cm³/mol. The Balaban J connectivity index is 1.61. The molecule has 3 amide bonds. The van der Waals surface area contributed by atoms with E-state index in [9.17, 15) is 14.4 Å². The molecule has 2 fully saturated rings. The quantitative estimate of drug-likeness (QED) is 0.813. The number of hydrogen-bond donors (Lipinski definition) is 1. The first kappa shape index (κ1) is 18.7. The predicted octanol–water partition coefficient (Wildman–Crippen LogP) is 1.57. The average molecular weight is 378 g/mol. The Kier molecular flexibility index (Phi) is 5.23. The monoisotopic (exact) mass is 377 g/mol. The van der Waals surface area contributed by atoms with Gasteiger partial charge in [-0.1, -0.05) is 23.7 Å². The maximum absolute atomic E-state index is 13.1. The summed E-state index contributed by atoms with van der Waals surface area (Å²) >= 11 is 6.08. The lowest BCUT2D eigenvalue weighted by Crippen LogP contribution is -2.55. The largest absolute Gasteiger partial charge is 0.346 e. The lowest BCUT2D eigenvalue weighted by atomic mass is 9.94. The highest BCUT2D eigenvalue weighted by Gasteiger charge is 2.53. The van der Waals surface area contributed by atoms with Gasteiger partial charge in [0.15, 0.2) is 0 Å². The van der Waals surface area contributed by atoms with Crippen LogP contribution in [0.4, 0.5) is 0 Å². The van der Waals surface area contributed by atoms with Gasteiger partial charge in [0.05, 0.1) is 5.41 Å². The Morgan fingerprint density at radius 2 is 1.69 bits per heavy atom. The summed E-state index contributed by atoms with van der Waals surface area (Å²) in [4.78, 5) is 40.4. The molecule has 1 aliphatic carbocycles. The van der Waals surface area contributed by atoms with Crippen LogP contribution in [0.15, 0.2) is 24.3 Å². The molecular formula is C19H24ClN3O3. The van der Waals surface area contributed by atoms with E-state index in [1.165, 1.54) is 4.90 Å². The standard InChI is InChI=1S/C19H24ClN3O3/c1-13(2)21-16(24)17(25)22-8-10-23(11-9-22)18(26)19(6-7-19)14-4-3-5-15(20)12-14/h3-5,12-13H,6-11H2,1-2H3,(H,21,24). The minimum Gasteiger partial charge on any atom is -0.346 e. The number of benzene rings is 1. The lowest BCUT2D eigenvalue weighted by molar-refractivity contribution is -0.149. The molecule has 1 saturated heterocycles. The molecular weight excluding hydrogens is 354 g/mol. The van der Waals surface area contributed by atoms with Gasteiger partial charge in [0.2, 0.25) is 5.91 Å². The summed E-state index contributed by atoms with van der Waals surface area (Å²) in [5.74, 6) is -1.02. The van der Waals surface area contributed by atoms with Crippen LogP contribution in [0.3, 0.4) is 0 Å². The van der Waals surface area contributed by atoms with E-state index >= 15 is 0 Å². The van der Waals surface area contributed by atoms with Crippen molar-refractivity contribution < 1.29 is 14.4 Å². The molecule has 26 heavy (non-hydrogen) atoms. The molecule has 1 N–H and O–H groups in total. The maximum atomic E-state index is 13.1. The fourth-order valence-electron chi connectivity index (χ4n) is 3.42. The number of rotatable bonds is 3. The third-order valence-electron chi connectivity index (χ3n) is 5.00. The SMILES string of the molecule is CC(C)NC(=O)C(=O)N1CCN(C(=O)C2(c3cccc(Cl)c3)CC2)CC1. The highest BCUT2D eigenvalue weighted by atomic mass is 35.5. The molecule has 0 radical (unpaired) electrons. The zero-order valence-corrected chi connectivity index (χ0v) is 15.9. The van der Waals surface area contributed by atoms with Crippen LogP contribution in [-0.2, 0) is 19.8 Å². The Morgan fingerprint density at radius 1 is 1.08 bits per heavy atom. The molecule has 0 spiro atoms. The van der Waals surface area contributed by atoms with Gasteiger partial charge in [-0.05, 0) is 44.4 Å². The Labute approximate surface area is 158 Å². The zero-order chi connectivity index (χ0) is 18.9. The minimum absolute atomic E-state index is 0.0817. The third kappa shape index (κ3) is 3.70. The number of nitrogens with zero attached hydrogens (tertiary/aromatic N) is 2. The summed E-state index contributed by atoms with van der Waals surface area (Å²) < 4.78 is 0. The molecule has 0 bridgehead atoms. The first-order valence-corrected chi connectivity index (χ1v) is 9.36. The van der Waals surface area contributed by atoms with E-state index < -0.39 is 17.2 Å². The van der Waals surface area contributed by atoms with Crippen molar-refractivity contribution in [2.45, 2.75) is 38.1 Å². The fraction of sp³-hybridized carbons (Fsp3) is 0.526. The van der Waals surface area contributed by atoms with Crippen molar-refractivity contribution in [3.05, 3.63) is 34.9 Å². The van der Waals surface area contributed by atoms with Crippen LogP contribution in [0.1, 0.15) is 32.3 Å². The molecule has 140 valence electrons. The van der Waals surface area contributed by atoms with E-state index in [0.717, 1.165) is 18.4 Å². The van der Waals surface area contributed by atoms with Gasteiger partial charge in [-0.25, -0.2) is 0 Å². The maximum Gasteiger partial charge on any atom is 0.312 e. The smallest absolute Gasteiger partial charge is 0.312 e. The summed E-state index contributed by atoms with van der Waals surface area (Å²) in [5, 5.41) is 3.24. The van der Waals surface area contributed by atoms with Crippen molar-refractivity contribution in [2.75, 3.05) is 26.2 Å². The number of halogens is 1. The number of piperazine rings is 1. The zero-order valence-electron chi connectivity index (χ0n) is 15.1. The number of carbonyl (C=O) groups is 3. The van der Waals surface area contributed by atoms with Crippen molar-refractivity contribution in [3.63, 3.8) is 0 Å². The second-order valence-corrected chi connectivity index (χ2v) is 7.74. The first-order valence-electron chi connectivity index (χ1n) is 8.99. The van der Waals surface area contributed by atoms with E-state index in [4.69, 9.17) is 11.6 Å². The van der Waals surface area contributed by atoms with Crippen molar-refractivity contribution in [1.29, 1.82) is 0 Å². The number of amides is 3. The molecule has 0 atom stereocenters. The van der Waals surface area contributed by atoms with Crippen LogP contribution < -0.4 is 5.32 Å². The van der Waals surface area contributed by atoms with E-state index in [1.807, 2.05) is 32.0 Å². The van der Waals surface area contributed by atoms with Gasteiger partial charge in [-0.15, -0.1) is 0 Å². The van der Waals surface area contributed by atoms with Crippen molar-refractivity contribution in [3.8, 4) is 0 Å². The van der Waals surface area contributed by atoms with Crippen molar-refractivity contribution in [2.24, 2.45) is 0 Å². The number of carbonyl (C=O) groups excluding carboxylic acids is 3. The molecule has 1 heterocycles. The van der Waals surface area contributed by atoms with Gasteiger partial charge in [0.1, 0.15) is 0 Å². The van der Waals surface area contributed by atoms with Crippen molar-refractivity contribution >= 4 is 29.3 Å². The Hall–Kier alpha value is -2.08. The van der Waals surface area contributed by atoms with Gasteiger partial charge in [-0.2, -0.15) is 0 Å². The van der Waals surface area contributed by atoms with Crippen LogP contribution in [0, 0.1) is 0 Å². The second kappa shape index (κ2) is 7.27. The van der Waals surface area contributed by atoms with Gasteiger partial charge < -0.3 is 15.1 Å². The fourth-order valence-corrected chi connectivity index (χ4v) is 3.61. The number of hydrogen-bond acceptors (Lipinski definition) is 3. The summed E-state index contributed by atoms with van der Waals surface area (Å²) in [7, 11) is 0. The van der Waals surface area contributed by atoms with Gasteiger partial charge in [0, 0.05) is 37.2 Å². The molecule has 6 nitrogen and oxygen atoms in total. The minimum atomic E-state index is -0.586. The van der Waals surface area contributed by atoms with Crippen molar-refractivity contribution in [1.82, 2.24) is 15.1 Å². The molecule has 1 aromatic rings. The number of nitrogens with one attached hydrogen (secondary N) is 1. The van der Waals surface area contributed by atoms with E-state index in [1.54, 1.807) is 11.0 Å². The molecule has 1 aromatic carbocycles. The molecule has 3 rings (SSSR count). The van der Waals surface area contributed by atoms with Gasteiger partial charge in [-0.3, -0.25) is 14.4 Å². The topological polar surface area (TPSA) is 69.7 Å². The molecule has 2 aliphatic rings.